The van der Waals surface area contributed by atoms with Crippen LogP contribution in [0.5, 0.6) is 5.88 Å². The third kappa shape index (κ3) is 3.97. The zero-order valence-corrected chi connectivity index (χ0v) is 18.9. The average Bonchev–Trinajstić information content (AvgIpc) is 3.46. The van der Waals surface area contributed by atoms with Crippen LogP contribution in [0.4, 0.5) is 0 Å². The molecule has 2 aromatic rings. The van der Waals surface area contributed by atoms with Gasteiger partial charge in [0.15, 0.2) is 0 Å². The summed E-state index contributed by atoms with van der Waals surface area (Å²) >= 11 is 1.78. The molecule has 2 fully saturated rings. The topological polar surface area (TPSA) is 67.7 Å². The van der Waals surface area contributed by atoms with E-state index in [-0.39, 0.29) is 12.2 Å². The summed E-state index contributed by atoms with van der Waals surface area (Å²) in [4.78, 5) is 13.9. The van der Waals surface area contributed by atoms with Crippen LogP contribution in [0.15, 0.2) is 6.33 Å². The lowest BCUT2D eigenvalue weighted by molar-refractivity contribution is -0.00850. The van der Waals surface area contributed by atoms with Crippen molar-refractivity contribution < 1.29 is 14.6 Å². The molecule has 6 nitrogen and oxygen atoms in total. The predicted octanol–water partition coefficient (Wildman–Crippen LogP) is 3.90. The largest absolute Gasteiger partial charge is 0.474 e. The Morgan fingerprint density at radius 1 is 1.20 bits per heavy atom. The van der Waals surface area contributed by atoms with E-state index in [1.54, 1.807) is 17.7 Å². The second-order valence-corrected chi connectivity index (χ2v) is 10.5. The predicted molar refractivity (Wildman–Crippen MR) is 118 cm³/mol. The van der Waals surface area contributed by atoms with E-state index in [9.17, 15) is 5.11 Å². The van der Waals surface area contributed by atoms with Crippen LogP contribution in [0, 0.1) is 0 Å². The van der Waals surface area contributed by atoms with Gasteiger partial charge in [0, 0.05) is 17.5 Å². The second kappa shape index (κ2) is 8.69. The SMILES string of the molecule is CN(C)[C@H]1CC[C@H](Oc2ncnc3sc4c(c23)[C@@H](C[C@H](O)C2CCCO2)CC4)CC1. The fraction of sp³-hybridized carbons (Fsp3) is 0.739. The van der Waals surface area contributed by atoms with Gasteiger partial charge in [0.05, 0.1) is 17.6 Å². The van der Waals surface area contributed by atoms with Crippen molar-refractivity contribution in [3.05, 3.63) is 16.8 Å². The van der Waals surface area contributed by atoms with Crippen molar-refractivity contribution >= 4 is 21.6 Å². The highest BCUT2D eigenvalue weighted by Gasteiger charge is 2.35. The zero-order valence-electron chi connectivity index (χ0n) is 18.0. The molecule has 0 radical (unpaired) electrons. The van der Waals surface area contributed by atoms with Gasteiger partial charge < -0.3 is 19.5 Å². The van der Waals surface area contributed by atoms with Crippen molar-refractivity contribution in [1.29, 1.82) is 0 Å². The molecule has 3 heterocycles. The van der Waals surface area contributed by atoms with Crippen molar-refractivity contribution in [2.24, 2.45) is 0 Å². The van der Waals surface area contributed by atoms with Crippen molar-refractivity contribution in [2.45, 2.75) is 88.1 Å². The molecule has 3 atom stereocenters. The molecule has 0 spiro atoms. The summed E-state index contributed by atoms with van der Waals surface area (Å²) in [5.74, 6) is 1.09. The van der Waals surface area contributed by atoms with Gasteiger partial charge in [0.25, 0.3) is 0 Å². The van der Waals surface area contributed by atoms with E-state index >= 15 is 0 Å². The van der Waals surface area contributed by atoms with Crippen LogP contribution < -0.4 is 4.74 Å². The zero-order chi connectivity index (χ0) is 20.7. The van der Waals surface area contributed by atoms with Gasteiger partial charge in [0.1, 0.15) is 17.3 Å². The summed E-state index contributed by atoms with van der Waals surface area (Å²) in [7, 11) is 4.33. The number of aryl methyl sites for hydroxylation is 1. The minimum absolute atomic E-state index is 0.00204. The van der Waals surface area contributed by atoms with E-state index in [1.165, 1.54) is 23.3 Å². The Morgan fingerprint density at radius 3 is 2.77 bits per heavy atom. The summed E-state index contributed by atoms with van der Waals surface area (Å²) in [6.07, 6.45) is 10.9. The smallest absolute Gasteiger partial charge is 0.225 e. The third-order valence-corrected chi connectivity index (χ3v) is 8.44. The number of ether oxygens (including phenoxy) is 2. The molecule has 1 saturated heterocycles. The first-order chi connectivity index (χ1) is 14.6. The van der Waals surface area contributed by atoms with Crippen molar-refractivity contribution in [3.8, 4) is 5.88 Å². The number of aromatic nitrogens is 2. The van der Waals surface area contributed by atoms with Gasteiger partial charge in [-0.05, 0) is 83.4 Å². The highest BCUT2D eigenvalue weighted by atomic mass is 32.1. The molecule has 1 unspecified atom stereocenters. The molecule has 30 heavy (non-hydrogen) atoms. The summed E-state index contributed by atoms with van der Waals surface area (Å²) in [5, 5.41) is 11.9. The summed E-state index contributed by atoms with van der Waals surface area (Å²) in [5.41, 5.74) is 1.34. The normalized spacial score (nSPS) is 30.1. The van der Waals surface area contributed by atoms with Gasteiger partial charge in [-0.25, -0.2) is 9.97 Å². The fourth-order valence-corrected chi connectivity index (χ4v) is 6.78. The van der Waals surface area contributed by atoms with E-state index in [4.69, 9.17) is 9.47 Å². The summed E-state index contributed by atoms with van der Waals surface area (Å²) < 4.78 is 12.2. The molecule has 3 aliphatic rings. The van der Waals surface area contributed by atoms with Crippen molar-refractivity contribution in [2.75, 3.05) is 20.7 Å². The van der Waals surface area contributed by atoms with Crippen molar-refractivity contribution in [1.82, 2.24) is 14.9 Å². The Hall–Kier alpha value is -1.28. The molecule has 1 aliphatic heterocycles. The fourth-order valence-electron chi connectivity index (χ4n) is 5.55. The van der Waals surface area contributed by atoms with E-state index in [0.717, 1.165) is 67.6 Å². The first-order valence-corrected chi connectivity index (χ1v) is 12.3. The summed E-state index contributed by atoms with van der Waals surface area (Å²) in [6.45, 7) is 0.779. The molecule has 0 bridgehead atoms. The van der Waals surface area contributed by atoms with Crippen LogP contribution in [-0.2, 0) is 11.2 Å². The van der Waals surface area contributed by atoms with Crippen LogP contribution in [0.1, 0.15) is 67.7 Å². The molecule has 5 rings (SSSR count). The highest BCUT2D eigenvalue weighted by Crippen LogP contribution is 2.48. The molecule has 1 N–H and O–H groups in total. The molecule has 2 aliphatic carbocycles. The molecule has 7 heteroatoms. The quantitative estimate of drug-likeness (QED) is 0.748. The van der Waals surface area contributed by atoms with E-state index < -0.39 is 6.10 Å². The van der Waals surface area contributed by atoms with Crippen LogP contribution in [-0.4, -0.2) is 65.0 Å². The maximum Gasteiger partial charge on any atom is 0.225 e. The Balaban J connectivity index is 1.36. The number of rotatable bonds is 6. The monoisotopic (exact) mass is 431 g/mol. The lowest BCUT2D eigenvalue weighted by Gasteiger charge is -2.32. The van der Waals surface area contributed by atoms with E-state index in [0.29, 0.717) is 12.0 Å². The Bertz CT molecular complexity index is 872. The number of hydrogen-bond donors (Lipinski definition) is 1. The Kier molecular flexibility index (Phi) is 5.97. The first kappa shape index (κ1) is 20.6. The summed E-state index contributed by atoms with van der Waals surface area (Å²) in [6, 6.07) is 0.657. The van der Waals surface area contributed by atoms with Gasteiger partial charge in [-0.3, -0.25) is 0 Å². The number of fused-ring (bicyclic) bond motifs is 3. The number of thiophene rings is 1. The highest BCUT2D eigenvalue weighted by molar-refractivity contribution is 7.19. The average molecular weight is 432 g/mol. The van der Waals surface area contributed by atoms with Crippen LogP contribution in [0.2, 0.25) is 0 Å². The lowest BCUT2D eigenvalue weighted by atomic mass is 9.91. The second-order valence-electron chi connectivity index (χ2n) is 9.40. The van der Waals surface area contributed by atoms with Gasteiger partial charge in [-0.2, -0.15) is 0 Å². The number of aliphatic hydroxyl groups is 1. The van der Waals surface area contributed by atoms with Gasteiger partial charge >= 0.3 is 0 Å². The van der Waals surface area contributed by atoms with Gasteiger partial charge in [0.2, 0.25) is 5.88 Å². The van der Waals surface area contributed by atoms with E-state index in [1.807, 2.05) is 0 Å². The maximum atomic E-state index is 10.8. The van der Waals surface area contributed by atoms with Crippen LogP contribution in [0.3, 0.4) is 0 Å². The molecule has 2 aromatic heterocycles. The minimum Gasteiger partial charge on any atom is -0.474 e. The molecule has 0 aromatic carbocycles. The first-order valence-electron chi connectivity index (χ1n) is 11.5. The van der Waals surface area contributed by atoms with Gasteiger partial charge in [-0.15, -0.1) is 11.3 Å². The molecular weight excluding hydrogens is 398 g/mol. The van der Waals surface area contributed by atoms with Crippen molar-refractivity contribution in [3.63, 3.8) is 0 Å². The molecule has 0 amide bonds. The molecular formula is C23H33N3O3S. The van der Waals surface area contributed by atoms with Crippen LogP contribution >= 0.6 is 11.3 Å². The minimum atomic E-state index is -0.395. The third-order valence-electron chi connectivity index (χ3n) is 7.27. The van der Waals surface area contributed by atoms with Gasteiger partial charge in [-0.1, -0.05) is 0 Å². The molecule has 1 saturated carbocycles. The molecule has 164 valence electrons. The number of aliphatic hydroxyl groups excluding tert-OH is 1. The van der Waals surface area contributed by atoms with Crippen LogP contribution in [0.25, 0.3) is 10.2 Å². The standard InChI is InChI=1S/C23H33N3O3S/c1-26(2)15-6-8-16(9-7-15)29-22-21-20-14(12-17(27)18-4-3-11-28-18)5-10-19(20)30-23(21)25-13-24-22/h13-18,27H,3-12H2,1-2H3/t14-,15-,16-,17+,18?/m1/s1. The Labute approximate surface area is 182 Å². The number of hydrogen-bond acceptors (Lipinski definition) is 7. The van der Waals surface area contributed by atoms with E-state index in [2.05, 4.69) is 29.0 Å². The maximum absolute atomic E-state index is 10.8. The lowest BCUT2D eigenvalue weighted by Crippen LogP contribution is -2.35. The Morgan fingerprint density at radius 2 is 2.03 bits per heavy atom. The number of nitrogens with zero attached hydrogens (tertiary/aromatic N) is 3.